The van der Waals surface area contributed by atoms with Crippen LogP contribution in [-0.2, 0) is 0 Å². The van der Waals surface area contributed by atoms with Gasteiger partial charge in [0.25, 0.3) is 0 Å². The van der Waals surface area contributed by atoms with Gasteiger partial charge in [-0.15, -0.1) is 0 Å². The Morgan fingerprint density at radius 2 is 1.00 bits per heavy atom. The van der Waals surface area contributed by atoms with Crippen LogP contribution in [0.5, 0.6) is 0 Å². The lowest BCUT2D eigenvalue weighted by Gasteiger charge is -2.37. The molecule has 0 bridgehead atoms. The fraction of sp³-hybridized carbons (Fsp3) is 0.895. The van der Waals surface area contributed by atoms with Crippen LogP contribution in [0.4, 0.5) is 0 Å². The zero-order valence-electron chi connectivity index (χ0n) is 12.8. The molecule has 0 aromatic heterocycles. The maximum absolute atomic E-state index is 2.50. The van der Waals surface area contributed by atoms with E-state index in [0.29, 0.717) is 0 Å². The molecule has 3 saturated carbocycles. The van der Waals surface area contributed by atoms with Gasteiger partial charge in [0, 0.05) is 0 Å². The van der Waals surface area contributed by atoms with Gasteiger partial charge in [0.05, 0.1) is 0 Å². The molecule has 0 radical (unpaired) electrons. The van der Waals surface area contributed by atoms with Crippen molar-refractivity contribution in [3.8, 4) is 0 Å². The third-order valence-electron chi connectivity index (χ3n) is 6.23. The summed E-state index contributed by atoms with van der Waals surface area (Å²) in [6.45, 7) is 2.25. The predicted octanol–water partition coefficient (Wildman–Crippen LogP) is 5.98. The van der Waals surface area contributed by atoms with Gasteiger partial charge < -0.3 is 0 Å². The van der Waals surface area contributed by atoms with Crippen molar-refractivity contribution in [2.45, 2.75) is 77.6 Å². The second-order valence-corrected chi connectivity index (χ2v) is 7.52. The van der Waals surface area contributed by atoms with E-state index in [1.165, 1.54) is 32.1 Å². The van der Waals surface area contributed by atoms with E-state index >= 15 is 0 Å². The number of rotatable bonds is 4. The van der Waals surface area contributed by atoms with Gasteiger partial charge in [-0.25, -0.2) is 0 Å². The Kier molecular flexibility index (Phi) is 4.66. The molecular weight excluding hydrogens is 228 g/mol. The molecule has 3 rings (SSSR count). The lowest BCUT2D eigenvalue weighted by atomic mass is 9.68. The normalized spacial score (nSPS) is 40.7. The summed E-state index contributed by atoms with van der Waals surface area (Å²) in [6.07, 6.45) is 21.5. The van der Waals surface area contributed by atoms with Crippen molar-refractivity contribution in [3.63, 3.8) is 0 Å². The van der Waals surface area contributed by atoms with Gasteiger partial charge in [-0.1, -0.05) is 19.1 Å². The van der Waals surface area contributed by atoms with Crippen molar-refractivity contribution >= 4 is 0 Å². The summed E-state index contributed by atoms with van der Waals surface area (Å²) in [4.78, 5) is 0. The Bertz CT molecular complexity index is 283. The van der Waals surface area contributed by atoms with E-state index in [2.05, 4.69) is 19.1 Å². The summed E-state index contributed by atoms with van der Waals surface area (Å²) < 4.78 is 0. The summed E-state index contributed by atoms with van der Waals surface area (Å²) in [5, 5.41) is 0. The monoisotopic (exact) mass is 260 g/mol. The standard InChI is InChI=1S/C19H32/c1-2-3-4-15-5-7-16(8-6-15)17-9-11-18(12-10-17)19-13-14-19/h3-4,15-19H,2,5-14H2,1H3/b4-3+. The van der Waals surface area contributed by atoms with Crippen LogP contribution in [0.25, 0.3) is 0 Å². The molecule has 0 amide bonds. The van der Waals surface area contributed by atoms with Crippen LogP contribution in [0.3, 0.4) is 0 Å². The van der Waals surface area contributed by atoms with Crippen molar-refractivity contribution < 1.29 is 0 Å². The molecule has 0 unspecified atom stereocenters. The van der Waals surface area contributed by atoms with E-state index in [1.54, 1.807) is 38.5 Å². The summed E-state index contributed by atoms with van der Waals surface area (Å²) in [5.74, 6) is 5.41. The first-order chi connectivity index (χ1) is 9.36. The fourth-order valence-corrected chi connectivity index (χ4v) is 4.79. The fourth-order valence-electron chi connectivity index (χ4n) is 4.79. The van der Waals surface area contributed by atoms with Gasteiger partial charge in [0.15, 0.2) is 0 Å². The Hall–Kier alpha value is -0.260. The molecule has 0 heterocycles. The first kappa shape index (κ1) is 13.7. The highest BCUT2D eigenvalue weighted by molar-refractivity contribution is 4.92. The Morgan fingerprint density at radius 1 is 0.632 bits per heavy atom. The largest absolute Gasteiger partial charge is 0.0885 e. The zero-order chi connectivity index (χ0) is 13.1. The third-order valence-corrected chi connectivity index (χ3v) is 6.23. The Labute approximate surface area is 120 Å². The summed E-state index contributed by atoms with van der Waals surface area (Å²) in [6, 6.07) is 0. The molecule has 3 aliphatic carbocycles. The molecule has 3 aliphatic rings. The minimum Gasteiger partial charge on any atom is -0.0885 e. The average Bonchev–Trinajstić information content (AvgIpc) is 3.31. The molecule has 0 spiro atoms. The first-order valence-electron chi connectivity index (χ1n) is 9.03. The van der Waals surface area contributed by atoms with E-state index in [9.17, 15) is 0 Å². The van der Waals surface area contributed by atoms with Crippen molar-refractivity contribution in [1.29, 1.82) is 0 Å². The van der Waals surface area contributed by atoms with Crippen molar-refractivity contribution in [3.05, 3.63) is 12.2 Å². The van der Waals surface area contributed by atoms with Gasteiger partial charge >= 0.3 is 0 Å². The predicted molar refractivity (Wildman–Crippen MR) is 83.1 cm³/mol. The van der Waals surface area contributed by atoms with Crippen LogP contribution < -0.4 is 0 Å². The smallest absolute Gasteiger partial charge is 0.0233 e. The van der Waals surface area contributed by atoms with E-state index in [-0.39, 0.29) is 0 Å². The molecule has 0 nitrogen and oxygen atoms in total. The molecule has 0 aromatic rings. The van der Waals surface area contributed by atoms with Crippen molar-refractivity contribution in [1.82, 2.24) is 0 Å². The molecule has 0 heteroatoms. The highest BCUT2D eigenvalue weighted by Gasteiger charge is 2.36. The van der Waals surface area contributed by atoms with Gasteiger partial charge in [-0.05, 0) is 100 Å². The molecule has 3 fully saturated rings. The molecule has 0 N–H and O–H groups in total. The topological polar surface area (TPSA) is 0 Å². The highest BCUT2D eigenvalue weighted by Crippen LogP contribution is 2.48. The number of hydrogen-bond donors (Lipinski definition) is 0. The lowest BCUT2D eigenvalue weighted by molar-refractivity contribution is 0.148. The number of allylic oxidation sites excluding steroid dienone is 2. The van der Waals surface area contributed by atoms with Gasteiger partial charge in [0.2, 0.25) is 0 Å². The van der Waals surface area contributed by atoms with E-state index in [0.717, 1.165) is 29.6 Å². The average molecular weight is 260 g/mol. The molecule has 0 aromatic carbocycles. The maximum atomic E-state index is 2.50. The minimum atomic E-state index is 0.916. The summed E-state index contributed by atoms with van der Waals surface area (Å²) >= 11 is 0. The summed E-state index contributed by atoms with van der Waals surface area (Å²) in [7, 11) is 0. The number of hydrogen-bond acceptors (Lipinski definition) is 0. The van der Waals surface area contributed by atoms with E-state index < -0.39 is 0 Å². The van der Waals surface area contributed by atoms with Crippen LogP contribution in [0, 0.1) is 29.6 Å². The van der Waals surface area contributed by atoms with Crippen LogP contribution in [0.2, 0.25) is 0 Å². The molecular formula is C19H32. The Morgan fingerprint density at radius 3 is 1.37 bits per heavy atom. The van der Waals surface area contributed by atoms with Crippen LogP contribution >= 0.6 is 0 Å². The van der Waals surface area contributed by atoms with Crippen LogP contribution in [-0.4, -0.2) is 0 Å². The van der Waals surface area contributed by atoms with E-state index in [1.807, 2.05) is 0 Å². The van der Waals surface area contributed by atoms with Crippen LogP contribution in [0.15, 0.2) is 12.2 Å². The quantitative estimate of drug-likeness (QED) is 0.546. The Balaban J connectivity index is 1.40. The lowest BCUT2D eigenvalue weighted by Crippen LogP contribution is -2.26. The van der Waals surface area contributed by atoms with Gasteiger partial charge in [0.1, 0.15) is 0 Å². The second-order valence-electron chi connectivity index (χ2n) is 7.52. The maximum Gasteiger partial charge on any atom is -0.0233 e. The van der Waals surface area contributed by atoms with Gasteiger partial charge in [-0.3, -0.25) is 0 Å². The van der Waals surface area contributed by atoms with Crippen LogP contribution in [0.1, 0.15) is 77.6 Å². The van der Waals surface area contributed by atoms with Crippen molar-refractivity contribution in [2.75, 3.05) is 0 Å². The molecule has 108 valence electrons. The zero-order valence-corrected chi connectivity index (χ0v) is 12.8. The molecule has 0 aliphatic heterocycles. The van der Waals surface area contributed by atoms with Gasteiger partial charge in [-0.2, -0.15) is 0 Å². The SMILES string of the molecule is CC/C=C/C1CCC(C2CCC(C3CC3)CC2)CC1. The van der Waals surface area contributed by atoms with Crippen molar-refractivity contribution in [2.24, 2.45) is 29.6 Å². The minimum absolute atomic E-state index is 0.916. The third kappa shape index (κ3) is 3.64. The first-order valence-corrected chi connectivity index (χ1v) is 9.03. The summed E-state index contributed by atoms with van der Waals surface area (Å²) in [5.41, 5.74) is 0. The molecule has 0 saturated heterocycles. The molecule has 19 heavy (non-hydrogen) atoms. The molecule has 0 atom stereocenters. The van der Waals surface area contributed by atoms with E-state index in [4.69, 9.17) is 0 Å². The highest BCUT2D eigenvalue weighted by atomic mass is 14.4. The second kappa shape index (κ2) is 6.46.